The summed E-state index contributed by atoms with van der Waals surface area (Å²) in [7, 11) is 0. The maximum absolute atomic E-state index is 11.4. The average molecular weight is 249 g/mol. The molecule has 0 aromatic carbocycles. The van der Waals surface area contributed by atoms with Crippen molar-refractivity contribution in [2.75, 3.05) is 13.1 Å². The van der Waals surface area contributed by atoms with Gasteiger partial charge in [-0.2, -0.15) is 5.10 Å². The lowest BCUT2D eigenvalue weighted by molar-refractivity contribution is -0.122. The minimum absolute atomic E-state index is 0.228. The number of hydrogen-bond donors (Lipinski definition) is 0. The highest BCUT2D eigenvalue weighted by Gasteiger charge is 2.23. The Balaban J connectivity index is 1.94. The normalized spacial score (nSPS) is 21.4. The molecule has 0 amide bonds. The van der Waals surface area contributed by atoms with E-state index in [1.807, 2.05) is 10.9 Å². The topological polar surface area (TPSA) is 38.1 Å². The summed E-state index contributed by atoms with van der Waals surface area (Å²) in [5.41, 5.74) is 1.10. The van der Waals surface area contributed by atoms with Crippen LogP contribution in [0.4, 0.5) is 0 Å². The van der Waals surface area contributed by atoms with E-state index in [0.29, 0.717) is 11.8 Å². The van der Waals surface area contributed by atoms with Crippen molar-refractivity contribution < 1.29 is 4.79 Å². The lowest BCUT2D eigenvalue weighted by Gasteiger charge is -2.30. The third-order valence-electron chi connectivity index (χ3n) is 3.66. The molecule has 18 heavy (non-hydrogen) atoms. The van der Waals surface area contributed by atoms with Crippen molar-refractivity contribution in [3.63, 3.8) is 0 Å². The zero-order chi connectivity index (χ0) is 13.1. The van der Waals surface area contributed by atoms with Crippen LogP contribution >= 0.6 is 0 Å². The Labute approximate surface area is 109 Å². The van der Waals surface area contributed by atoms with Gasteiger partial charge in [-0.25, -0.2) is 0 Å². The van der Waals surface area contributed by atoms with Crippen molar-refractivity contribution in [2.45, 2.75) is 46.2 Å². The van der Waals surface area contributed by atoms with Crippen molar-refractivity contribution in [1.29, 1.82) is 0 Å². The Morgan fingerprint density at radius 1 is 1.56 bits per heavy atom. The molecule has 0 N–H and O–H groups in total. The SMILES string of the molecule is CC(=O)C1CCCN(Cc2ccn(C(C)C)n2)C1. The number of Topliss-reactive ketones (excluding diaryl/α,β-unsaturated/α-hetero) is 1. The monoisotopic (exact) mass is 249 g/mol. The molecule has 1 aliphatic rings. The van der Waals surface area contributed by atoms with Crippen LogP contribution in [0, 0.1) is 5.92 Å². The first-order valence-electron chi connectivity index (χ1n) is 6.83. The second-order valence-corrected chi connectivity index (χ2v) is 5.57. The van der Waals surface area contributed by atoms with E-state index in [9.17, 15) is 4.79 Å². The molecule has 1 atom stereocenters. The van der Waals surface area contributed by atoms with E-state index in [1.54, 1.807) is 6.92 Å². The number of carbonyl (C=O) groups is 1. The lowest BCUT2D eigenvalue weighted by atomic mass is 9.94. The summed E-state index contributed by atoms with van der Waals surface area (Å²) >= 11 is 0. The predicted octanol–water partition coefficient (Wildman–Crippen LogP) is 2.27. The molecule has 1 unspecified atom stereocenters. The predicted molar refractivity (Wildman–Crippen MR) is 71.3 cm³/mol. The van der Waals surface area contributed by atoms with Crippen molar-refractivity contribution in [2.24, 2.45) is 5.92 Å². The van der Waals surface area contributed by atoms with Gasteiger partial charge in [0.1, 0.15) is 5.78 Å². The maximum atomic E-state index is 11.4. The summed E-state index contributed by atoms with van der Waals surface area (Å²) in [4.78, 5) is 13.8. The smallest absolute Gasteiger partial charge is 0.134 e. The number of carbonyl (C=O) groups excluding carboxylic acids is 1. The Kier molecular flexibility index (Phi) is 4.17. The zero-order valence-corrected chi connectivity index (χ0v) is 11.6. The molecule has 0 aliphatic carbocycles. The molecular formula is C14H23N3O. The first-order chi connectivity index (χ1) is 8.56. The van der Waals surface area contributed by atoms with Gasteiger partial charge < -0.3 is 0 Å². The molecule has 100 valence electrons. The Morgan fingerprint density at radius 2 is 2.33 bits per heavy atom. The molecule has 2 heterocycles. The molecular weight excluding hydrogens is 226 g/mol. The molecule has 2 rings (SSSR count). The van der Waals surface area contributed by atoms with Crippen molar-refractivity contribution in [3.8, 4) is 0 Å². The number of hydrogen-bond acceptors (Lipinski definition) is 3. The summed E-state index contributed by atoms with van der Waals surface area (Å²) in [5.74, 6) is 0.554. The number of nitrogens with zero attached hydrogens (tertiary/aromatic N) is 3. The van der Waals surface area contributed by atoms with E-state index in [1.165, 1.54) is 0 Å². The van der Waals surface area contributed by atoms with Crippen LogP contribution in [-0.4, -0.2) is 33.6 Å². The standard InChI is InChI=1S/C14H23N3O/c1-11(2)17-8-6-14(15-17)10-16-7-4-5-13(9-16)12(3)18/h6,8,11,13H,4-5,7,9-10H2,1-3H3. The highest BCUT2D eigenvalue weighted by atomic mass is 16.1. The van der Waals surface area contributed by atoms with Crippen LogP contribution in [0.2, 0.25) is 0 Å². The summed E-state index contributed by atoms with van der Waals surface area (Å²) in [6.45, 7) is 8.81. The van der Waals surface area contributed by atoms with Crippen molar-refractivity contribution in [1.82, 2.24) is 14.7 Å². The van der Waals surface area contributed by atoms with Gasteiger partial charge in [-0.3, -0.25) is 14.4 Å². The van der Waals surface area contributed by atoms with E-state index in [2.05, 4.69) is 29.9 Å². The molecule has 1 saturated heterocycles. The molecule has 0 saturated carbocycles. The van der Waals surface area contributed by atoms with Gasteiger partial charge in [0.25, 0.3) is 0 Å². The van der Waals surface area contributed by atoms with Gasteiger partial charge in [0.15, 0.2) is 0 Å². The third-order valence-corrected chi connectivity index (χ3v) is 3.66. The Hall–Kier alpha value is -1.16. The minimum Gasteiger partial charge on any atom is -0.300 e. The van der Waals surface area contributed by atoms with Crippen molar-refractivity contribution in [3.05, 3.63) is 18.0 Å². The van der Waals surface area contributed by atoms with Gasteiger partial charge in [0.2, 0.25) is 0 Å². The molecule has 1 aliphatic heterocycles. The molecule has 0 radical (unpaired) electrons. The number of rotatable bonds is 4. The molecule has 0 bridgehead atoms. The second kappa shape index (κ2) is 5.65. The lowest BCUT2D eigenvalue weighted by Crippen LogP contribution is -2.37. The van der Waals surface area contributed by atoms with E-state index >= 15 is 0 Å². The number of piperidine rings is 1. The van der Waals surface area contributed by atoms with E-state index in [-0.39, 0.29) is 5.92 Å². The first-order valence-corrected chi connectivity index (χ1v) is 6.83. The number of likely N-dealkylation sites (tertiary alicyclic amines) is 1. The van der Waals surface area contributed by atoms with Gasteiger partial charge in [-0.05, 0) is 46.2 Å². The quantitative estimate of drug-likeness (QED) is 0.821. The van der Waals surface area contributed by atoms with Crippen molar-refractivity contribution >= 4 is 5.78 Å². The fraction of sp³-hybridized carbons (Fsp3) is 0.714. The van der Waals surface area contributed by atoms with Gasteiger partial charge in [0, 0.05) is 31.2 Å². The Morgan fingerprint density at radius 3 is 2.94 bits per heavy atom. The van der Waals surface area contributed by atoms with Crippen LogP contribution < -0.4 is 0 Å². The van der Waals surface area contributed by atoms with Crippen LogP contribution in [-0.2, 0) is 11.3 Å². The van der Waals surface area contributed by atoms with Gasteiger partial charge >= 0.3 is 0 Å². The fourth-order valence-electron chi connectivity index (χ4n) is 2.51. The summed E-state index contributed by atoms with van der Waals surface area (Å²) < 4.78 is 1.99. The highest BCUT2D eigenvalue weighted by Crippen LogP contribution is 2.19. The fourth-order valence-corrected chi connectivity index (χ4v) is 2.51. The number of ketones is 1. The van der Waals surface area contributed by atoms with E-state index in [0.717, 1.165) is 38.2 Å². The minimum atomic E-state index is 0.228. The van der Waals surface area contributed by atoms with Crippen LogP contribution in [0.1, 0.15) is 45.3 Å². The van der Waals surface area contributed by atoms with Crippen LogP contribution in [0.3, 0.4) is 0 Å². The van der Waals surface area contributed by atoms with Crippen LogP contribution in [0.25, 0.3) is 0 Å². The highest BCUT2D eigenvalue weighted by molar-refractivity contribution is 5.78. The van der Waals surface area contributed by atoms with E-state index < -0.39 is 0 Å². The zero-order valence-electron chi connectivity index (χ0n) is 11.6. The first kappa shape index (κ1) is 13.3. The van der Waals surface area contributed by atoms with Crippen LogP contribution in [0.15, 0.2) is 12.3 Å². The van der Waals surface area contributed by atoms with Gasteiger partial charge in [0.05, 0.1) is 5.69 Å². The van der Waals surface area contributed by atoms with E-state index in [4.69, 9.17) is 0 Å². The largest absolute Gasteiger partial charge is 0.300 e. The molecule has 1 fully saturated rings. The van der Waals surface area contributed by atoms with Gasteiger partial charge in [-0.1, -0.05) is 0 Å². The molecule has 4 heteroatoms. The summed E-state index contributed by atoms with van der Waals surface area (Å²) in [6.07, 6.45) is 4.20. The molecule has 0 spiro atoms. The van der Waals surface area contributed by atoms with Gasteiger partial charge in [-0.15, -0.1) is 0 Å². The molecule has 1 aromatic heterocycles. The summed E-state index contributed by atoms with van der Waals surface area (Å²) in [5, 5.41) is 4.56. The molecule has 4 nitrogen and oxygen atoms in total. The maximum Gasteiger partial charge on any atom is 0.134 e. The molecule has 1 aromatic rings. The Bertz CT molecular complexity index is 411. The number of aromatic nitrogens is 2. The summed E-state index contributed by atoms with van der Waals surface area (Å²) in [6, 6.07) is 2.49. The third kappa shape index (κ3) is 3.19. The average Bonchev–Trinajstić information content (AvgIpc) is 2.78. The second-order valence-electron chi connectivity index (χ2n) is 5.57. The van der Waals surface area contributed by atoms with Crippen LogP contribution in [0.5, 0.6) is 0 Å².